The van der Waals surface area contributed by atoms with Crippen molar-refractivity contribution in [1.29, 1.82) is 0 Å². The topological polar surface area (TPSA) is 32.7 Å². The van der Waals surface area contributed by atoms with Crippen molar-refractivity contribution in [2.45, 2.75) is 18.9 Å². The molecular formula is C14H21NO2. The molecule has 0 spiro atoms. The molecule has 1 saturated heterocycles. The van der Waals surface area contributed by atoms with Gasteiger partial charge in [-0.05, 0) is 24.9 Å². The van der Waals surface area contributed by atoms with Crippen LogP contribution in [0.4, 0.5) is 0 Å². The predicted molar refractivity (Wildman–Crippen MR) is 68.0 cm³/mol. The van der Waals surface area contributed by atoms with Crippen LogP contribution in [0.5, 0.6) is 0 Å². The van der Waals surface area contributed by atoms with Crippen LogP contribution in [0.25, 0.3) is 0 Å². The van der Waals surface area contributed by atoms with E-state index >= 15 is 0 Å². The molecule has 94 valence electrons. The summed E-state index contributed by atoms with van der Waals surface area (Å²) in [6.07, 6.45) is 2.31. The Labute approximate surface area is 103 Å². The number of morpholine rings is 1. The van der Waals surface area contributed by atoms with E-state index in [0.717, 1.165) is 32.7 Å². The molecular weight excluding hydrogens is 214 g/mol. The maximum Gasteiger partial charge on any atom is 0.0932 e. The summed E-state index contributed by atoms with van der Waals surface area (Å²) >= 11 is 0. The number of benzene rings is 1. The second kappa shape index (κ2) is 6.74. The lowest BCUT2D eigenvalue weighted by Crippen LogP contribution is -2.44. The van der Waals surface area contributed by atoms with Crippen molar-refractivity contribution in [2.75, 3.05) is 32.8 Å². The van der Waals surface area contributed by atoms with Gasteiger partial charge in [0.05, 0.1) is 19.3 Å². The van der Waals surface area contributed by atoms with E-state index in [9.17, 15) is 0 Å². The lowest BCUT2D eigenvalue weighted by molar-refractivity contribution is -0.0527. The van der Waals surface area contributed by atoms with Crippen molar-refractivity contribution in [1.82, 2.24) is 4.90 Å². The van der Waals surface area contributed by atoms with Gasteiger partial charge in [-0.1, -0.05) is 30.3 Å². The van der Waals surface area contributed by atoms with Gasteiger partial charge in [0.1, 0.15) is 0 Å². The minimum atomic E-state index is 0.0143. The number of hydrogen-bond acceptors (Lipinski definition) is 3. The molecule has 1 fully saturated rings. The van der Waals surface area contributed by atoms with Crippen molar-refractivity contribution in [3.63, 3.8) is 0 Å². The van der Waals surface area contributed by atoms with Crippen molar-refractivity contribution >= 4 is 0 Å². The first-order valence-electron chi connectivity index (χ1n) is 6.37. The van der Waals surface area contributed by atoms with Gasteiger partial charge in [0.2, 0.25) is 0 Å². The molecule has 0 bridgehead atoms. The first kappa shape index (κ1) is 12.6. The summed E-state index contributed by atoms with van der Waals surface area (Å²) in [5.41, 5.74) is 1.40. The third-order valence-electron chi connectivity index (χ3n) is 3.21. The Kier molecular flexibility index (Phi) is 4.98. The third kappa shape index (κ3) is 4.11. The average Bonchev–Trinajstić information content (AvgIpc) is 2.40. The van der Waals surface area contributed by atoms with Gasteiger partial charge < -0.3 is 9.84 Å². The van der Waals surface area contributed by atoms with Crippen LogP contribution in [-0.4, -0.2) is 49.0 Å². The lowest BCUT2D eigenvalue weighted by Gasteiger charge is -2.31. The SMILES string of the molecule is OCC1CN(CCCc2ccccc2)CCO1. The van der Waals surface area contributed by atoms with E-state index < -0.39 is 0 Å². The van der Waals surface area contributed by atoms with Crippen LogP contribution in [-0.2, 0) is 11.2 Å². The largest absolute Gasteiger partial charge is 0.394 e. The highest BCUT2D eigenvalue weighted by molar-refractivity contribution is 5.14. The lowest BCUT2D eigenvalue weighted by atomic mass is 10.1. The molecule has 3 heteroatoms. The Balaban J connectivity index is 1.68. The molecule has 1 unspecified atom stereocenters. The Morgan fingerprint density at radius 1 is 1.29 bits per heavy atom. The van der Waals surface area contributed by atoms with Crippen molar-refractivity contribution in [3.05, 3.63) is 35.9 Å². The smallest absolute Gasteiger partial charge is 0.0932 e. The molecule has 17 heavy (non-hydrogen) atoms. The van der Waals surface area contributed by atoms with E-state index in [2.05, 4.69) is 35.2 Å². The number of nitrogens with zero attached hydrogens (tertiary/aromatic N) is 1. The number of rotatable bonds is 5. The van der Waals surface area contributed by atoms with E-state index in [1.54, 1.807) is 0 Å². The fraction of sp³-hybridized carbons (Fsp3) is 0.571. The summed E-state index contributed by atoms with van der Waals surface area (Å²) < 4.78 is 5.43. The molecule has 0 saturated carbocycles. The molecule has 1 atom stereocenters. The van der Waals surface area contributed by atoms with Gasteiger partial charge in [-0.25, -0.2) is 0 Å². The van der Waals surface area contributed by atoms with Crippen LogP contribution < -0.4 is 0 Å². The van der Waals surface area contributed by atoms with Gasteiger partial charge in [0.25, 0.3) is 0 Å². The summed E-state index contributed by atoms with van der Waals surface area (Å²) in [4.78, 5) is 2.38. The molecule has 0 radical (unpaired) electrons. The van der Waals surface area contributed by atoms with Gasteiger partial charge in [0.15, 0.2) is 0 Å². The zero-order chi connectivity index (χ0) is 11.9. The van der Waals surface area contributed by atoms with E-state index in [-0.39, 0.29) is 12.7 Å². The third-order valence-corrected chi connectivity index (χ3v) is 3.21. The minimum Gasteiger partial charge on any atom is -0.394 e. The van der Waals surface area contributed by atoms with Gasteiger partial charge in [-0.3, -0.25) is 4.90 Å². The maximum atomic E-state index is 9.06. The quantitative estimate of drug-likeness (QED) is 0.835. The zero-order valence-electron chi connectivity index (χ0n) is 10.2. The van der Waals surface area contributed by atoms with Crippen LogP contribution in [0.2, 0.25) is 0 Å². The standard InChI is InChI=1S/C14H21NO2/c16-12-14-11-15(9-10-17-14)8-4-7-13-5-2-1-3-6-13/h1-3,5-6,14,16H,4,7-12H2. The number of aliphatic hydroxyl groups is 1. The zero-order valence-corrected chi connectivity index (χ0v) is 10.2. The Morgan fingerprint density at radius 2 is 2.12 bits per heavy atom. The molecule has 1 aliphatic rings. The Morgan fingerprint density at radius 3 is 2.88 bits per heavy atom. The second-order valence-corrected chi connectivity index (χ2v) is 4.57. The molecule has 1 heterocycles. The highest BCUT2D eigenvalue weighted by atomic mass is 16.5. The number of aliphatic hydroxyl groups excluding tert-OH is 1. The Bertz CT molecular complexity index is 315. The normalized spacial score (nSPS) is 21.6. The van der Waals surface area contributed by atoms with Crippen LogP contribution in [0.1, 0.15) is 12.0 Å². The first-order chi connectivity index (χ1) is 8.38. The molecule has 0 amide bonds. The highest BCUT2D eigenvalue weighted by Gasteiger charge is 2.18. The average molecular weight is 235 g/mol. The first-order valence-corrected chi connectivity index (χ1v) is 6.37. The van der Waals surface area contributed by atoms with Gasteiger partial charge >= 0.3 is 0 Å². The van der Waals surface area contributed by atoms with E-state index in [4.69, 9.17) is 9.84 Å². The molecule has 3 nitrogen and oxygen atoms in total. The second-order valence-electron chi connectivity index (χ2n) is 4.57. The predicted octanol–water partition coefficient (Wildman–Crippen LogP) is 1.31. The summed E-state index contributed by atoms with van der Waals surface area (Å²) in [5.74, 6) is 0. The summed E-state index contributed by atoms with van der Waals surface area (Å²) in [6, 6.07) is 10.6. The van der Waals surface area contributed by atoms with Crippen molar-refractivity contribution in [2.24, 2.45) is 0 Å². The van der Waals surface area contributed by atoms with E-state index in [1.807, 2.05) is 0 Å². The molecule has 2 rings (SSSR count). The van der Waals surface area contributed by atoms with Crippen molar-refractivity contribution in [3.8, 4) is 0 Å². The number of hydrogen-bond donors (Lipinski definition) is 1. The molecule has 1 aliphatic heterocycles. The number of aryl methyl sites for hydroxylation is 1. The monoisotopic (exact) mass is 235 g/mol. The fourth-order valence-corrected chi connectivity index (χ4v) is 2.25. The molecule has 1 aromatic rings. The number of ether oxygens (including phenoxy) is 1. The van der Waals surface area contributed by atoms with Crippen LogP contribution in [0.15, 0.2) is 30.3 Å². The highest BCUT2D eigenvalue weighted by Crippen LogP contribution is 2.07. The summed E-state index contributed by atoms with van der Waals surface area (Å²) in [6.45, 7) is 3.83. The minimum absolute atomic E-state index is 0.0143. The molecule has 1 aromatic carbocycles. The van der Waals surface area contributed by atoms with Crippen LogP contribution in [0.3, 0.4) is 0 Å². The molecule has 0 aromatic heterocycles. The van der Waals surface area contributed by atoms with E-state index in [0.29, 0.717) is 0 Å². The van der Waals surface area contributed by atoms with Crippen LogP contribution in [0, 0.1) is 0 Å². The van der Waals surface area contributed by atoms with Gasteiger partial charge in [-0.15, -0.1) is 0 Å². The summed E-state index contributed by atoms with van der Waals surface area (Å²) in [5, 5.41) is 9.06. The Hall–Kier alpha value is -0.900. The van der Waals surface area contributed by atoms with Gasteiger partial charge in [0, 0.05) is 13.1 Å². The molecule has 0 aliphatic carbocycles. The van der Waals surface area contributed by atoms with E-state index in [1.165, 1.54) is 12.0 Å². The van der Waals surface area contributed by atoms with Crippen molar-refractivity contribution < 1.29 is 9.84 Å². The fourth-order valence-electron chi connectivity index (χ4n) is 2.25. The summed E-state index contributed by atoms with van der Waals surface area (Å²) in [7, 11) is 0. The molecule has 1 N–H and O–H groups in total. The maximum absolute atomic E-state index is 9.06. The van der Waals surface area contributed by atoms with Gasteiger partial charge in [-0.2, -0.15) is 0 Å². The van der Waals surface area contributed by atoms with Crippen LogP contribution >= 0.6 is 0 Å².